The van der Waals surface area contributed by atoms with Gasteiger partial charge in [-0.1, -0.05) is 0 Å². The zero-order valence-electron chi connectivity index (χ0n) is 8.76. The Bertz CT molecular complexity index is 195. The second-order valence-electron chi connectivity index (χ2n) is 4.71. The lowest BCUT2D eigenvalue weighted by Crippen LogP contribution is -2.54. The van der Waals surface area contributed by atoms with Crippen molar-refractivity contribution < 1.29 is 4.79 Å². The van der Waals surface area contributed by atoms with Crippen LogP contribution in [0.1, 0.15) is 40.0 Å². The van der Waals surface area contributed by atoms with E-state index in [9.17, 15) is 4.79 Å². The molecule has 0 saturated heterocycles. The van der Waals surface area contributed by atoms with Crippen molar-refractivity contribution in [1.29, 1.82) is 0 Å². The first-order valence-corrected chi connectivity index (χ1v) is 4.98. The third-order valence-electron chi connectivity index (χ3n) is 2.77. The molecule has 0 aromatic heterocycles. The van der Waals surface area contributed by atoms with Gasteiger partial charge in [0.15, 0.2) is 0 Å². The van der Waals surface area contributed by atoms with Crippen molar-refractivity contribution >= 4 is 5.91 Å². The Balaban J connectivity index is 2.32. The van der Waals surface area contributed by atoms with Gasteiger partial charge in [-0.2, -0.15) is 0 Å². The number of nitrogens with two attached hydrogens (primary N) is 1. The summed E-state index contributed by atoms with van der Waals surface area (Å²) in [6, 6.07) is -0.0179. The molecule has 0 aromatic carbocycles. The zero-order chi connectivity index (χ0) is 10.1. The SMILES string of the molecule is CC(N)C(C)(C)NC(=O)CC1CC1. The van der Waals surface area contributed by atoms with Crippen LogP contribution in [0.4, 0.5) is 0 Å². The van der Waals surface area contributed by atoms with Crippen molar-refractivity contribution in [2.45, 2.75) is 51.6 Å². The lowest BCUT2D eigenvalue weighted by Gasteiger charge is -2.30. The van der Waals surface area contributed by atoms with E-state index in [1.54, 1.807) is 0 Å². The monoisotopic (exact) mass is 184 g/mol. The molecular formula is C10H20N2O. The number of rotatable bonds is 4. The van der Waals surface area contributed by atoms with Crippen LogP contribution in [0.5, 0.6) is 0 Å². The Labute approximate surface area is 80.1 Å². The molecule has 0 spiro atoms. The molecule has 3 N–H and O–H groups in total. The first-order chi connectivity index (χ1) is 5.92. The van der Waals surface area contributed by atoms with Gasteiger partial charge in [0.05, 0.1) is 0 Å². The van der Waals surface area contributed by atoms with E-state index in [2.05, 4.69) is 5.32 Å². The normalized spacial score (nSPS) is 19.7. The van der Waals surface area contributed by atoms with E-state index in [-0.39, 0.29) is 17.5 Å². The van der Waals surface area contributed by atoms with Crippen LogP contribution in [-0.4, -0.2) is 17.5 Å². The Morgan fingerprint density at radius 2 is 2.15 bits per heavy atom. The van der Waals surface area contributed by atoms with Crippen LogP contribution in [0.25, 0.3) is 0 Å². The Morgan fingerprint density at radius 3 is 2.54 bits per heavy atom. The summed E-state index contributed by atoms with van der Waals surface area (Å²) in [4.78, 5) is 11.4. The van der Waals surface area contributed by atoms with Crippen molar-refractivity contribution in [3.8, 4) is 0 Å². The summed E-state index contributed by atoms with van der Waals surface area (Å²) in [5.74, 6) is 0.786. The third kappa shape index (κ3) is 3.35. The summed E-state index contributed by atoms with van der Waals surface area (Å²) in [5.41, 5.74) is 5.46. The molecule has 3 heteroatoms. The molecule has 1 aliphatic rings. The topological polar surface area (TPSA) is 55.1 Å². The highest BCUT2D eigenvalue weighted by atomic mass is 16.1. The van der Waals surface area contributed by atoms with Crippen molar-refractivity contribution in [2.24, 2.45) is 11.7 Å². The van der Waals surface area contributed by atoms with Crippen molar-refractivity contribution in [1.82, 2.24) is 5.32 Å². The molecule has 0 radical (unpaired) electrons. The molecular weight excluding hydrogens is 164 g/mol. The molecule has 1 rings (SSSR count). The second kappa shape index (κ2) is 3.66. The van der Waals surface area contributed by atoms with E-state index in [0.29, 0.717) is 12.3 Å². The quantitative estimate of drug-likeness (QED) is 0.685. The first kappa shape index (κ1) is 10.5. The van der Waals surface area contributed by atoms with E-state index >= 15 is 0 Å². The van der Waals surface area contributed by atoms with E-state index in [1.165, 1.54) is 12.8 Å². The van der Waals surface area contributed by atoms with Gasteiger partial charge in [0.25, 0.3) is 0 Å². The molecule has 76 valence electrons. The summed E-state index contributed by atoms with van der Waals surface area (Å²) in [7, 11) is 0. The molecule has 13 heavy (non-hydrogen) atoms. The first-order valence-electron chi connectivity index (χ1n) is 4.98. The van der Waals surface area contributed by atoms with Crippen molar-refractivity contribution in [2.75, 3.05) is 0 Å². The average Bonchev–Trinajstić information content (AvgIpc) is 2.69. The van der Waals surface area contributed by atoms with Crippen LogP contribution in [0.2, 0.25) is 0 Å². The Kier molecular flexibility index (Phi) is 2.96. The van der Waals surface area contributed by atoms with Crippen molar-refractivity contribution in [3.05, 3.63) is 0 Å². The summed E-state index contributed by atoms with van der Waals surface area (Å²) >= 11 is 0. The van der Waals surface area contributed by atoms with Crippen LogP contribution >= 0.6 is 0 Å². The molecule has 1 amide bonds. The van der Waals surface area contributed by atoms with Crippen LogP contribution in [0.3, 0.4) is 0 Å². The highest BCUT2D eigenvalue weighted by Gasteiger charge is 2.29. The molecule has 0 aliphatic heterocycles. The van der Waals surface area contributed by atoms with E-state index in [0.717, 1.165) is 0 Å². The van der Waals surface area contributed by atoms with Gasteiger partial charge in [-0.25, -0.2) is 0 Å². The maximum Gasteiger partial charge on any atom is 0.220 e. The predicted molar refractivity (Wildman–Crippen MR) is 53.2 cm³/mol. The van der Waals surface area contributed by atoms with Crippen LogP contribution in [0.15, 0.2) is 0 Å². The minimum Gasteiger partial charge on any atom is -0.350 e. The van der Waals surface area contributed by atoms with Crippen LogP contribution < -0.4 is 11.1 Å². The van der Waals surface area contributed by atoms with Gasteiger partial charge in [-0.05, 0) is 39.5 Å². The molecule has 0 bridgehead atoms. The fraction of sp³-hybridized carbons (Fsp3) is 0.900. The van der Waals surface area contributed by atoms with Crippen LogP contribution in [0, 0.1) is 5.92 Å². The number of carbonyl (C=O) groups excluding carboxylic acids is 1. The average molecular weight is 184 g/mol. The molecule has 0 aromatic rings. The van der Waals surface area contributed by atoms with Gasteiger partial charge >= 0.3 is 0 Å². The smallest absolute Gasteiger partial charge is 0.220 e. The number of hydrogen-bond acceptors (Lipinski definition) is 2. The lowest BCUT2D eigenvalue weighted by molar-refractivity contribution is -0.123. The molecule has 3 nitrogen and oxygen atoms in total. The molecule has 1 unspecified atom stereocenters. The van der Waals surface area contributed by atoms with Gasteiger partial charge < -0.3 is 11.1 Å². The lowest BCUT2D eigenvalue weighted by atomic mass is 9.96. The number of nitrogens with one attached hydrogen (secondary N) is 1. The largest absolute Gasteiger partial charge is 0.350 e. The van der Waals surface area contributed by atoms with Gasteiger partial charge in [-0.15, -0.1) is 0 Å². The third-order valence-corrected chi connectivity index (χ3v) is 2.77. The Morgan fingerprint density at radius 1 is 1.62 bits per heavy atom. The molecule has 0 heterocycles. The molecule has 1 saturated carbocycles. The molecule has 1 aliphatic carbocycles. The van der Waals surface area contributed by atoms with Gasteiger partial charge in [-0.3, -0.25) is 4.79 Å². The van der Waals surface area contributed by atoms with Gasteiger partial charge in [0.2, 0.25) is 5.91 Å². The van der Waals surface area contributed by atoms with E-state index in [4.69, 9.17) is 5.73 Å². The maximum absolute atomic E-state index is 11.4. The zero-order valence-corrected chi connectivity index (χ0v) is 8.76. The standard InChI is InChI=1S/C10H20N2O/c1-7(11)10(2,3)12-9(13)6-8-4-5-8/h7-8H,4-6,11H2,1-3H3,(H,12,13). The minimum absolute atomic E-state index is 0.0179. The highest BCUT2D eigenvalue weighted by Crippen LogP contribution is 2.32. The van der Waals surface area contributed by atoms with Gasteiger partial charge in [0.1, 0.15) is 0 Å². The fourth-order valence-electron chi connectivity index (χ4n) is 1.11. The Hall–Kier alpha value is -0.570. The van der Waals surface area contributed by atoms with Crippen LogP contribution in [-0.2, 0) is 4.79 Å². The molecule has 1 fully saturated rings. The number of amides is 1. The van der Waals surface area contributed by atoms with Gasteiger partial charge in [0, 0.05) is 18.0 Å². The highest BCUT2D eigenvalue weighted by molar-refractivity contribution is 5.77. The molecule has 1 atom stereocenters. The summed E-state index contributed by atoms with van der Waals surface area (Å²) in [5, 5.41) is 2.96. The summed E-state index contributed by atoms with van der Waals surface area (Å²) < 4.78 is 0. The second-order valence-corrected chi connectivity index (χ2v) is 4.71. The summed E-state index contributed by atoms with van der Waals surface area (Å²) in [6.45, 7) is 5.84. The van der Waals surface area contributed by atoms with Crippen molar-refractivity contribution in [3.63, 3.8) is 0 Å². The maximum atomic E-state index is 11.4. The van der Waals surface area contributed by atoms with E-state index in [1.807, 2.05) is 20.8 Å². The fourth-order valence-corrected chi connectivity index (χ4v) is 1.11. The number of carbonyl (C=O) groups is 1. The predicted octanol–water partition coefficient (Wildman–Crippen LogP) is 1.03. The number of hydrogen-bond donors (Lipinski definition) is 2. The minimum atomic E-state index is -0.286. The summed E-state index contributed by atoms with van der Waals surface area (Å²) in [6.07, 6.45) is 3.11. The van der Waals surface area contributed by atoms with E-state index < -0.39 is 0 Å².